The molecular weight excluding hydrogens is 292 g/mol. The molecule has 116 valence electrons. The topological polar surface area (TPSA) is 125 Å². The van der Waals surface area contributed by atoms with Gasteiger partial charge in [0, 0.05) is 19.1 Å². The average Bonchev–Trinajstić information content (AvgIpc) is 2.77. The Bertz CT molecular complexity index is 550. The molecule has 0 spiro atoms. The van der Waals surface area contributed by atoms with Crippen LogP contribution in [0, 0.1) is 0 Å². The van der Waals surface area contributed by atoms with E-state index < -0.39 is 11.9 Å². The smallest absolute Gasteiger partial charge is 0.343 e. The first-order valence-electron chi connectivity index (χ1n) is 6.85. The quantitative estimate of drug-likeness (QED) is 0.697. The number of nitrogens with zero attached hydrogens (tertiary/aromatic N) is 1. The number of primary amides is 1. The minimum absolute atomic E-state index is 0.107. The van der Waals surface area contributed by atoms with Crippen molar-refractivity contribution in [2.45, 2.75) is 25.8 Å². The van der Waals surface area contributed by atoms with Gasteiger partial charge in [0.15, 0.2) is 0 Å². The van der Waals surface area contributed by atoms with Crippen molar-refractivity contribution in [1.29, 1.82) is 0 Å². The number of piperidine rings is 1. The molecule has 1 aromatic heterocycles. The summed E-state index contributed by atoms with van der Waals surface area (Å²) in [5.74, 6) is -1.16. The maximum absolute atomic E-state index is 12.1. The molecular formula is C13H20N4O3S. The van der Waals surface area contributed by atoms with Crippen molar-refractivity contribution < 1.29 is 14.3 Å². The Morgan fingerprint density at radius 1 is 1.38 bits per heavy atom. The molecule has 0 aromatic carbocycles. The summed E-state index contributed by atoms with van der Waals surface area (Å²) in [5.41, 5.74) is 17.5. The Labute approximate surface area is 127 Å². The first-order chi connectivity index (χ1) is 9.95. The number of amides is 1. The molecule has 0 bridgehead atoms. The third-order valence-corrected chi connectivity index (χ3v) is 4.74. The monoisotopic (exact) mass is 312 g/mol. The minimum Gasteiger partial charge on any atom is -0.462 e. The first kappa shape index (κ1) is 15.6. The lowest BCUT2D eigenvalue weighted by Gasteiger charge is -2.31. The van der Waals surface area contributed by atoms with Crippen LogP contribution in [0.1, 0.15) is 39.8 Å². The van der Waals surface area contributed by atoms with Crippen LogP contribution < -0.4 is 22.1 Å². The number of nitrogens with two attached hydrogens (primary N) is 3. The van der Waals surface area contributed by atoms with E-state index in [0.29, 0.717) is 18.1 Å². The minimum atomic E-state index is -0.636. The molecule has 1 amide bonds. The molecule has 0 saturated carbocycles. The van der Waals surface area contributed by atoms with Gasteiger partial charge >= 0.3 is 5.97 Å². The number of nitrogen functional groups attached to an aromatic ring is 1. The first-order valence-corrected chi connectivity index (χ1v) is 7.67. The molecule has 6 N–H and O–H groups in total. The molecule has 1 fully saturated rings. The van der Waals surface area contributed by atoms with Crippen molar-refractivity contribution in [1.82, 2.24) is 0 Å². The highest BCUT2D eigenvalue weighted by atomic mass is 32.1. The van der Waals surface area contributed by atoms with Crippen molar-refractivity contribution in [3.8, 4) is 0 Å². The summed E-state index contributed by atoms with van der Waals surface area (Å²) >= 11 is 1.14. The molecule has 2 rings (SSSR count). The van der Waals surface area contributed by atoms with Crippen LogP contribution in [0.25, 0.3) is 0 Å². The molecule has 1 aliphatic rings. The predicted molar refractivity (Wildman–Crippen MR) is 82.6 cm³/mol. The van der Waals surface area contributed by atoms with Gasteiger partial charge in [0.25, 0.3) is 5.91 Å². The van der Waals surface area contributed by atoms with Gasteiger partial charge in [-0.2, -0.15) is 0 Å². The van der Waals surface area contributed by atoms with Crippen LogP contribution in [0.3, 0.4) is 0 Å². The van der Waals surface area contributed by atoms with E-state index in [9.17, 15) is 9.59 Å². The average molecular weight is 312 g/mol. The molecule has 0 radical (unpaired) electrons. The summed E-state index contributed by atoms with van der Waals surface area (Å²) in [6.45, 7) is 3.39. The molecule has 2 heterocycles. The van der Waals surface area contributed by atoms with Crippen LogP contribution in [0.4, 0.5) is 10.7 Å². The molecule has 21 heavy (non-hydrogen) atoms. The predicted octanol–water partition coefficient (Wildman–Crippen LogP) is 0.533. The maximum atomic E-state index is 12.1. The fraction of sp³-hybridized carbons (Fsp3) is 0.538. The molecule has 7 nitrogen and oxygen atoms in total. The highest BCUT2D eigenvalue weighted by molar-refractivity contribution is 7.19. The lowest BCUT2D eigenvalue weighted by molar-refractivity contribution is 0.0529. The van der Waals surface area contributed by atoms with Gasteiger partial charge in [0.1, 0.15) is 15.4 Å². The van der Waals surface area contributed by atoms with Gasteiger partial charge in [0.2, 0.25) is 0 Å². The Hall–Kier alpha value is -1.80. The van der Waals surface area contributed by atoms with Gasteiger partial charge in [-0.3, -0.25) is 4.79 Å². The normalized spacial score (nSPS) is 16.0. The summed E-state index contributed by atoms with van der Waals surface area (Å²) in [4.78, 5) is 25.8. The van der Waals surface area contributed by atoms with Gasteiger partial charge in [0.05, 0.1) is 12.3 Å². The number of esters is 1. The lowest BCUT2D eigenvalue weighted by Crippen LogP contribution is -2.39. The van der Waals surface area contributed by atoms with E-state index in [2.05, 4.69) is 0 Å². The summed E-state index contributed by atoms with van der Waals surface area (Å²) in [6, 6.07) is 0.167. The number of ether oxygens (including phenoxy) is 1. The van der Waals surface area contributed by atoms with E-state index >= 15 is 0 Å². The van der Waals surface area contributed by atoms with Crippen LogP contribution in [0.5, 0.6) is 0 Å². The van der Waals surface area contributed by atoms with Crippen LogP contribution in [-0.4, -0.2) is 37.6 Å². The molecule has 1 saturated heterocycles. The van der Waals surface area contributed by atoms with Crippen LogP contribution in [0.15, 0.2) is 0 Å². The van der Waals surface area contributed by atoms with Crippen LogP contribution in [-0.2, 0) is 4.74 Å². The van der Waals surface area contributed by atoms with E-state index in [1.165, 1.54) is 0 Å². The fourth-order valence-electron chi connectivity index (χ4n) is 2.34. The Morgan fingerprint density at radius 3 is 2.52 bits per heavy atom. The Kier molecular flexibility index (Phi) is 4.69. The zero-order valence-electron chi connectivity index (χ0n) is 11.9. The van der Waals surface area contributed by atoms with E-state index in [0.717, 1.165) is 24.2 Å². The van der Waals surface area contributed by atoms with Gasteiger partial charge in [-0.05, 0) is 19.8 Å². The molecule has 0 aliphatic carbocycles. The second-order valence-electron chi connectivity index (χ2n) is 4.93. The molecule has 8 heteroatoms. The molecule has 1 aromatic rings. The second-order valence-corrected chi connectivity index (χ2v) is 5.93. The van der Waals surface area contributed by atoms with Crippen molar-refractivity contribution in [3.63, 3.8) is 0 Å². The maximum Gasteiger partial charge on any atom is 0.343 e. The van der Waals surface area contributed by atoms with Crippen molar-refractivity contribution in [2.24, 2.45) is 11.5 Å². The zero-order chi connectivity index (χ0) is 15.6. The molecule has 0 atom stereocenters. The summed E-state index contributed by atoms with van der Waals surface area (Å²) in [7, 11) is 0. The number of hydrogen-bond donors (Lipinski definition) is 3. The van der Waals surface area contributed by atoms with Gasteiger partial charge < -0.3 is 26.8 Å². The second kappa shape index (κ2) is 6.31. The number of carbonyl (C=O) groups excluding carboxylic acids is 2. The zero-order valence-corrected chi connectivity index (χ0v) is 12.7. The highest BCUT2D eigenvalue weighted by Gasteiger charge is 2.30. The fourth-order valence-corrected chi connectivity index (χ4v) is 3.45. The third kappa shape index (κ3) is 3.11. The summed E-state index contributed by atoms with van der Waals surface area (Å²) in [5, 5.41) is 0.645. The number of thiophene rings is 1. The van der Waals surface area contributed by atoms with Crippen molar-refractivity contribution in [2.75, 3.05) is 30.3 Å². The van der Waals surface area contributed by atoms with Gasteiger partial charge in [-0.15, -0.1) is 11.3 Å². The van der Waals surface area contributed by atoms with Crippen molar-refractivity contribution >= 4 is 33.9 Å². The third-order valence-electron chi connectivity index (χ3n) is 3.46. The van der Waals surface area contributed by atoms with Gasteiger partial charge in [-0.1, -0.05) is 0 Å². The number of hydrogen-bond acceptors (Lipinski definition) is 7. The SMILES string of the molecule is CCOC(=O)c1c(N2CCC(N)CC2)sc(C(N)=O)c1N. The largest absolute Gasteiger partial charge is 0.462 e. The Balaban J connectivity index is 2.40. The number of rotatable bonds is 4. The number of carbonyl (C=O) groups is 2. The van der Waals surface area contributed by atoms with E-state index in [-0.39, 0.29) is 28.8 Å². The standard InChI is InChI=1S/C13H20N4O3S/c1-2-20-13(19)8-9(15)10(11(16)18)21-12(8)17-5-3-7(14)4-6-17/h7H,2-6,14-15H2,1H3,(H2,16,18). The van der Waals surface area contributed by atoms with E-state index in [4.69, 9.17) is 21.9 Å². The van der Waals surface area contributed by atoms with Crippen LogP contribution in [0.2, 0.25) is 0 Å². The highest BCUT2D eigenvalue weighted by Crippen LogP contribution is 2.39. The van der Waals surface area contributed by atoms with Crippen molar-refractivity contribution in [3.05, 3.63) is 10.4 Å². The van der Waals surface area contributed by atoms with Gasteiger partial charge in [-0.25, -0.2) is 4.79 Å². The number of anilines is 2. The summed E-state index contributed by atoms with van der Waals surface area (Å²) in [6.07, 6.45) is 1.65. The van der Waals surface area contributed by atoms with E-state index in [1.54, 1.807) is 6.92 Å². The molecule has 1 aliphatic heterocycles. The van der Waals surface area contributed by atoms with Crippen LogP contribution >= 0.6 is 11.3 Å². The lowest BCUT2D eigenvalue weighted by atomic mass is 10.1. The van der Waals surface area contributed by atoms with E-state index in [1.807, 2.05) is 4.90 Å². The summed E-state index contributed by atoms with van der Waals surface area (Å²) < 4.78 is 5.04. The Morgan fingerprint density at radius 2 is 2.00 bits per heavy atom. The molecule has 0 unspecified atom stereocenters.